The summed E-state index contributed by atoms with van der Waals surface area (Å²) in [5, 5.41) is 9.73. The van der Waals surface area contributed by atoms with Crippen LogP contribution in [0.1, 0.15) is 34.8 Å². The Balaban J connectivity index is 1.79. The number of hydrogen-bond acceptors (Lipinski definition) is 2. The summed E-state index contributed by atoms with van der Waals surface area (Å²) in [5.41, 5.74) is 3.04. The Hall–Kier alpha value is -2.13. The van der Waals surface area contributed by atoms with E-state index in [9.17, 15) is 9.90 Å². The van der Waals surface area contributed by atoms with Crippen molar-refractivity contribution in [1.29, 1.82) is 0 Å². The fourth-order valence-corrected chi connectivity index (χ4v) is 3.23. The van der Waals surface area contributed by atoms with Gasteiger partial charge >= 0.3 is 0 Å². The zero-order valence-electron chi connectivity index (χ0n) is 13.5. The van der Waals surface area contributed by atoms with Crippen molar-refractivity contribution in [3.05, 3.63) is 71.3 Å². The van der Waals surface area contributed by atoms with Crippen molar-refractivity contribution in [3.63, 3.8) is 0 Å². The number of benzene rings is 2. The van der Waals surface area contributed by atoms with Crippen LogP contribution < -0.4 is 0 Å². The van der Waals surface area contributed by atoms with Gasteiger partial charge in [-0.05, 0) is 37.0 Å². The smallest absolute Gasteiger partial charge is 0.254 e. The lowest BCUT2D eigenvalue weighted by molar-refractivity contribution is 0.0761. The van der Waals surface area contributed by atoms with Crippen LogP contribution in [0.4, 0.5) is 0 Å². The number of amides is 1. The molecule has 1 fully saturated rings. The molecule has 0 radical (unpaired) electrons. The molecule has 2 aromatic carbocycles. The second-order valence-electron chi connectivity index (χ2n) is 6.36. The molecule has 1 heterocycles. The Morgan fingerprint density at radius 1 is 1.17 bits per heavy atom. The SMILES string of the molecule is CC(O)C1CCN(C(=O)c2ccccc2Cc2ccccc2)C1. The molecule has 1 amide bonds. The van der Waals surface area contributed by atoms with Gasteiger partial charge in [-0.15, -0.1) is 0 Å². The number of nitrogens with zero attached hydrogens (tertiary/aromatic N) is 1. The van der Waals surface area contributed by atoms with Gasteiger partial charge < -0.3 is 10.0 Å². The van der Waals surface area contributed by atoms with E-state index in [4.69, 9.17) is 0 Å². The minimum Gasteiger partial charge on any atom is -0.393 e. The zero-order valence-corrected chi connectivity index (χ0v) is 13.5. The largest absolute Gasteiger partial charge is 0.393 e. The predicted molar refractivity (Wildman–Crippen MR) is 91.4 cm³/mol. The molecule has 2 unspecified atom stereocenters. The van der Waals surface area contributed by atoms with Crippen LogP contribution in [0.15, 0.2) is 54.6 Å². The van der Waals surface area contributed by atoms with Crippen LogP contribution in [0.2, 0.25) is 0 Å². The Kier molecular flexibility index (Phi) is 4.77. The minimum absolute atomic E-state index is 0.0830. The summed E-state index contributed by atoms with van der Waals surface area (Å²) >= 11 is 0. The maximum absolute atomic E-state index is 12.9. The standard InChI is InChI=1S/C20H23NO2/c1-15(22)18-11-12-21(14-18)20(23)19-10-6-5-9-17(19)13-16-7-3-2-4-8-16/h2-10,15,18,22H,11-14H2,1H3. The lowest BCUT2D eigenvalue weighted by Crippen LogP contribution is -2.31. The van der Waals surface area contributed by atoms with Crippen molar-refractivity contribution in [3.8, 4) is 0 Å². The van der Waals surface area contributed by atoms with Crippen LogP contribution in [0.3, 0.4) is 0 Å². The first-order chi connectivity index (χ1) is 11.1. The Morgan fingerprint density at radius 3 is 2.57 bits per heavy atom. The highest BCUT2D eigenvalue weighted by Crippen LogP contribution is 2.23. The third-order valence-corrected chi connectivity index (χ3v) is 4.68. The van der Waals surface area contributed by atoms with E-state index >= 15 is 0 Å². The molecule has 23 heavy (non-hydrogen) atoms. The van der Waals surface area contributed by atoms with Crippen LogP contribution >= 0.6 is 0 Å². The molecule has 2 atom stereocenters. The van der Waals surface area contributed by atoms with E-state index in [1.807, 2.05) is 54.3 Å². The number of carbonyl (C=O) groups excluding carboxylic acids is 1. The number of aliphatic hydroxyl groups excluding tert-OH is 1. The van der Waals surface area contributed by atoms with Crippen molar-refractivity contribution >= 4 is 5.91 Å². The van der Waals surface area contributed by atoms with Gasteiger partial charge in [0, 0.05) is 24.6 Å². The van der Waals surface area contributed by atoms with Crippen LogP contribution in [0.25, 0.3) is 0 Å². The third kappa shape index (κ3) is 3.62. The zero-order chi connectivity index (χ0) is 16.2. The number of hydrogen-bond donors (Lipinski definition) is 1. The predicted octanol–water partition coefficient (Wildman–Crippen LogP) is 3.12. The van der Waals surface area contributed by atoms with Gasteiger partial charge in [-0.25, -0.2) is 0 Å². The molecule has 1 aliphatic rings. The summed E-state index contributed by atoms with van der Waals surface area (Å²) in [6.07, 6.45) is 1.29. The van der Waals surface area contributed by atoms with Crippen molar-refractivity contribution in [2.75, 3.05) is 13.1 Å². The van der Waals surface area contributed by atoms with Crippen molar-refractivity contribution < 1.29 is 9.90 Å². The normalized spacial score (nSPS) is 18.9. The molecular weight excluding hydrogens is 286 g/mol. The summed E-state index contributed by atoms with van der Waals surface area (Å²) in [7, 11) is 0. The van der Waals surface area contributed by atoms with Gasteiger partial charge in [-0.3, -0.25) is 4.79 Å². The molecule has 0 aromatic heterocycles. The van der Waals surface area contributed by atoms with Gasteiger partial charge in [0.05, 0.1) is 6.10 Å². The van der Waals surface area contributed by atoms with E-state index in [1.54, 1.807) is 0 Å². The summed E-state index contributed by atoms with van der Waals surface area (Å²) in [6.45, 7) is 3.19. The highest BCUT2D eigenvalue weighted by atomic mass is 16.3. The fourth-order valence-electron chi connectivity index (χ4n) is 3.23. The molecule has 3 heteroatoms. The average Bonchev–Trinajstić information content (AvgIpc) is 3.06. The van der Waals surface area contributed by atoms with Gasteiger partial charge in [0.2, 0.25) is 0 Å². The van der Waals surface area contributed by atoms with E-state index in [1.165, 1.54) is 5.56 Å². The monoisotopic (exact) mass is 309 g/mol. The first-order valence-corrected chi connectivity index (χ1v) is 8.24. The van der Waals surface area contributed by atoms with E-state index in [2.05, 4.69) is 12.1 Å². The topological polar surface area (TPSA) is 40.5 Å². The van der Waals surface area contributed by atoms with Gasteiger partial charge in [-0.2, -0.15) is 0 Å². The summed E-state index contributed by atoms with van der Waals surface area (Å²) < 4.78 is 0. The highest BCUT2D eigenvalue weighted by molar-refractivity contribution is 5.96. The van der Waals surface area contributed by atoms with Crippen molar-refractivity contribution in [2.45, 2.75) is 25.9 Å². The molecule has 1 aliphatic heterocycles. The molecular formula is C20H23NO2. The highest BCUT2D eigenvalue weighted by Gasteiger charge is 2.30. The van der Waals surface area contributed by atoms with E-state index in [0.717, 1.165) is 30.5 Å². The molecule has 120 valence electrons. The van der Waals surface area contributed by atoms with Crippen molar-refractivity contribution in [2.24, 2.45) is 5.92 Å². The molecule has 0 saturated carbocycles. The van der Waals surface area contributed by atoms with Gasteiger partial charge in [0.1, 0.15) is 0 Å². The Labute approximate surface area is 137 Å². The van der Waals surface area contributed by atoms with Gasteiger partial charge in [0.25, 0.3) is 5.91 Å². The maximum atomic E-state index is 12.9. The number of carbonyl (C=O) groups is 1. The van der Waals surface area contributed by atoms with Crippen LogP contribution in [0, 0.1) is 5.92 Å². The molecule has 1 N–H and O–H groups in total. The molecule has 1 saturated heterocycles. The summed E-state index contributed by atoms with van der Waals surface area (Å²) in [6, 6.07) is 18.1. The minimum atomic E-state index is -0.354. The quantitative estimate of drug-likeness (QED) is 0.942. The van der Waals surface area contributed by atoms with E-state index < -0.39 is 0 Å². The fraction of sp³-hybridized carbons (Fsp3) is 0.350. The molecule has 0 bridgehead atoms. The second-order valence-corrected chi connectivity index (χ2v) is 6.36. The van der Waals surface area contributed by atoms with Gasteiger partial charge in [0.15, 0.2) is 0 Å². The summed E-state index contributed by atoms with van der Waals surface area (Å²) in [4.78, 5) is 14.7. The number of rotatable bonds is 4. The number of aliphatic hydroxyl groups is 1. The van der Waals surface area contributed by atoms with Crippen LogP contribution in [0.5, 0.6) is 0 Å². The second kappa shape index (κ2) is 6.97. The Bertz CT molecular complexity index is 666. The molecule has 0 spiro atoms. The average molecular weight is 309 g/mol. The third-order valence-electron chi connectivity index (χ3n) is 4.68. The summed E-state index contributed by atoms with van der Waals surface area (Å²) in [5.74, 6) is 0.278. The Morgan fingerprint density at radius 2 is 1.87 bits per heavy atom. The number of likely N-dealkylation sites (tertiary alicyclic amines) is 1. The lowest BCUT2D eigenvalue weighted by atomic mass is 9.99. The van der Waals surface area contributed by atoms with Crippen molar-refractivity contribution in [1.82, 2.24) is 4.90 Å². The molecule has 3 nitrogen and oxygen atoms in total. The maximum Gasteiger partial charge on any atom is 0.254 e. The van der Waals surface area contributed by atoms with E-state index in [0.29, 0.717) is 6.54 Å². The molecule has 0 aliphatic carbocycles. The van der Waals surface area contributed by atoms with Crippen LogP contribution in [-0.2, 0) is 6.42 Å². The molecule has 2 aromatic rings. The van der Waals surface area contributed by atoms with Gasteiger partial charge in [-0.1, -0.05) is 48.5 Å². The molecule has 3 rings (SSSR count). The first kappa shape index (κ1) is 15.8. The lowest BCUT2D eigenvalue weighted by Gasteiger charge is -2.19. The first-order valence-electron chi connectivity index (χ1n) is 8.24. The van der Waals surface area contributed by atoms with Crippen LogP contribution in [-0.4, -0.2) is 35.1 Å². The van der Waals surface area contributed by atoms with E-state index in [-0.39, 0.29) is 17.9 Å².